The number of ether oxygens (including phenoxy) is 1. The van der Waals surface area contributed by atoms with E-state index in [1.807, 2.05) is 12.1 Å². The van der Waals surface area contributed by atoms with Gasteiger partial charge in [-0.3, -0.25) is 0 Å². The lowest BCUT2D eigenvalue weighted by Gasteiger charge is -2.27. The van der Waals surface area contributed by atoms with Crippen LogP contribution in [0.4, 0.5) is 0 Å². The minimum absolute atomic E-state index is 0.346. The second kappa shape index (κ2) is 5.75. The Hall–Kier alpha value is -1.02. The van der Waals surface area contributed by atoms with E-state index in [1.54, 1.807) is 7.11 Å². The van der Waals surface area contributed by atoms with Gasteiger partial charge in [0, 0.05) is 18.2 Å². The van der Waals surface area contributed by atoms with Gasteiger partial charge in [-0.2, -0.15) is 0 Å². The maximum absolute atomic E-state index is 5.42. The molecule has 1 aliphatic carbocycles. The van der Waals surface area contributed by atoms with Crippen LogP contribution in [-0.4, -0.2) is 13.7 Å². The summed E-state index contributed by atoms with van der Waals surface area (Å²) in [4.78, 5) is 0. The second-order valence-corrected chi connectivity index (χ2v) is 5.86. The quantitative estimate of drug-likeness (QED) is 0.851. The molecule has 1 aromatic rings. The molecular formula is C16H25NO. The summed E-state index contributed by atoms with van der Waals surface area (Å²) in [5.74, 6) is 0.981. The topological polar surface area (TPSA) is 21.3 Å². The van der Waals surface area contributed by atoms with Crippen LogP contribution in [0.2, 0.25) is 0 Å². The van der Waals surface area contributed by atoms with E-state index in [1.165, 1.54) is 31.2 Å². The Morgan fingerprint density at radius 1 is 1.28 bits per heavy atom. The van der Waals surface area contributed by atoms with Gasteiger partial charge in [0.25, 0.3) is 0 Å². The van der Waals surface area contributed by atoms with Crippen LogP contribution in [0.15, 0.2) is 24.3 Å². The standard InChI is InChI=1S/C16H25NO/c1-13(14-8-4-5-9-15(14)18-3)17-12-16(2)10-6-7-11-16/h4-5,8-9,13,17H,6-7,10-12H2,1-3H3. The van der Waals surface area contributed by atoms with Crippen molar-refractivity contribution in [1.29, 1.82) is 0 Å². The third-order valence-corrected chi connectivity index (χ3v) is 4.25. The van der Waals surface area contributed by atoms with E-state index in [4.69, 9.17) is 4.74 Å². The Bertz CT molecular complexity index is 382. The summed E-state index contributed by atoms with van der Waals surface area (Å²) in [7, 11) is 1.74. The van der Waals surface area contributed by atoms with Gasteiger partial charge in [-0.25, -0.2) is 0 Å². The van der Waals surface area contributed by atoms with Crippen molar-refractivity contribution in [3.8, 4) is 5.75 Å². The van der Waals surface area contributed by atoms with Gasteiger partial charge in [0.15, 0.2) is 0 Å². The zero-order chi connectivity index (χ0) is 13.0. The Morgan fingerprint density at radius 3 is 2.61 bits per heavy atom. The fourth-order valence-corrected chi connectivity index (χ4v) is 2.94. The van der Waals surface area contributed by atoms with Crippen LogP contribution < -0.4 is 10.1 Å². The van der Waals surface area contributed by atoms with Crippen molar-refractivity contribution >= 4 is 0 Å². The molecule has 0 spiro atoms. The average molecular weight is 247 g/mol. The molecule has 1 unspecified atom stereocenters. The normalized spacial score (nSPS) is 19.7. The SMILES string of the molecule is COc1ccccc1C(C)NCC1(C)CCCC1. The van der Waals surface area contributed by atoms with Crippen molar-refractivity contribution in [1.82, 2.24) is 5.32 Å². The first-order valence-corrected chi connectivity index (χ1v) is 7.01. The summed E-state index contributed by atoms with van der Waals surface area (Å²) < 4.78 is 5.42. The highest BCUT2D eigenvalue weighted by Gasteiger charge is 2.28. The first-order chi connectivity index (χ1) is 8.64. The van der Waals surface area contributed by atoms with Gasteiger partial charge in [-0.05, 0) is 31.2 Å². The van der Waals surface area contributed by atoms with Crippen LogP contribution in [0.25, 0.3) is 0 Å². The van der Waals surface area contributed by atoms with Crippen LogP contribution in [0.1, 0.15) is 51.1 Å². The highest BCUT2D eigenvalue weighted by Crippen LogP contribution is 2.37. The molecule has 0 saturated heterocycles. The zero-order valence-corrected chi connectivity index (χ0v) is 11.8. The molecule has 18 heavy (non-hydrogen) atoms. The molecule has 1 fully saturated rings. The summed E-state index contributed by atoms with van der Waals surface area (Å²) in [6.07, 6.45) is 5.50. The highest BCUT2D eigenvalue weighted by molar-refractivity contribution is 5.35. The van der Waals surface area contributed by atoms with E-state index < -0.39 is 0 Å². The highest BCUT2D eigenvalue weighted by atomic mass is 16.5. The third kappa shape index (κ3) is 3.05. The van der Waals surface area contributed by atoms with Gasteiger partial charge in [-0.1, -0.05) is 38.0 Å². The van der Waals surface area contributed by atoms with E-state index in [0.717, 1.165) is 12.3 Å². The van der Waals surface area contributed by atoms with Crippen LogP contribution in [-0.2, 0) is 0 Å². The summed E-state index contributed by atoms with van der Waals surface area (Å²) in [5, 5.41) is 3.68. The van der Waals surface area contributed by atoms with Crippen molar-refractivity contribution < 1.29 is 4.74 Å². The number of methoxy groups -OCH3 is 1. The van der Waals surface area contributed by atoms with Crippen molar-refractivity contribution in [2.24, 2.45) is 5.41 Å². The first kappa shape index (κ1) is 13.4. The molecule has 100 valence electrons. The predicted octanol–water partition coefficient (Wildman–Crippen LogP) is 3.93. The van der Waals surface area contributed by atoms with Crippen molar-refractivity contribution in [2.75, 3.05) is 13.7 Å². The first-order valence-electron chi connectivity index (χ1n) is 7.01. The monoisotopic (exact) mass is 247 g/mol. The lowest BCUT2D eigenvalue weighted by molar-refractivity contribution is 0.299. The second-order valence-electron chi connectivity index (χ2n) is 5.86. The molecule has 0 heterocycles. The van der Waals surface area contributed by atoms with Gasteiger partial charge >= 0.3 is 0 Å². The third-order valence-electron chi connectivity index (χ3n) is 4.25. The molecule has 2 rings (SSSR count). The Kier molecular flexibility index (Phi) is 4.28. The maximum Gasteiger partial charge on any atom is 0.123 e. The summed E-state index contributed by atoms with van der Waals surface area (Å²) in [6.45, 7) is 5.73. The lowest BCUT2D eigenvalue weighted by Crippen LogP contribution is -2.31. The summed E-state index contributed by atoms with van der Waals surface area (Å²) in [6, 6.07) is 8.62. The molecule has 0 aliphatic heterocycles. The molecule has 0 bridgehead atoms. The largest absolute Gasteiger partial charge is 0.496 e. The number of hydrogen-bond donors (Lipinski definition) is 1. The Morgan fingerprint density at radius 2 is 1.94 bits per heavy atom. The Balaban J connectivity index is 1.96. The molecule has 1 N–H and O–H groups in total. The number of rotatable bonds is 5. The van der Waals surface area contributed by atoms with Gasteiger partial charge in [0.2, 0.25) is 0 Å². The van der Waals surface area contributed by atoms with Gasteiger partial charge in [0.05, 0.1) is 7.11 Å². The van der Waals surface area contributed by atoms with Crippen LogP contribution in [0.5, 0.6) is 5.75 Å². The van der Waals surface area contributed by atoms with E-state index in [0.29, 0.717) is 11.5 Å². The molecular weight excluding hydrogens is 222 g/mol. The van der Waals surface area contributed by atoms with Crippen LogP contribution >= 0.6 is 0 Å². The van der Waals surface area contributed by atoms with Gasteiger partial charge < -0.3 is 10.1 Å². The number of nitrogens with one attached hydrogen (secondary N) is 1. The number of hydrogen-bond acceptors (Lipinski definition) is 2. The maximum atomic E-state index is 5.42. The predicted molar refractivity (Wildman–Crippen MR) is 76.0 cm³/mol. The molecule has 1 atom stereocenters. The van der Waals surface area contributed by atoms with E-state index in [2.05, 4.69) is 31.3 Å². The van der Waals surface area contributed by atoms with E-state index >= 15 is 0 Å². The molecule has 1 aromatic carbocycles. The van der Waals surface area contributed by atoms with Crippen LogP contribution in [0.3, 0.4) is 0 Å². The van der Waals surface area contributed by atoms with E-state index in [9.17, 15) is 0 Å². The average Bonchev–Trinajstić information content (AvgIpc) is 2.83. The molecule has 1 saturated carbocycles. The van der Waals surface area contributed by atoms with Crippen molar-refractivity contribution in [3.63, 3.8) is 0 Å². The minimum atomic E-state index is 0.346. The lowest BCUT2D eigenvalue weighted by atomic mass is 9.88. The number of para-hydroxylation sites is 1. The molecule has 0 amide bonds. The molecule has 1 aliphatic rings. The molecule has 0 radical (unpaired) electrons. The smallest absolute Gasteiger partial charge is 0.123 e. The summed E-state index contributed by atoms with van der Waals surface area (Å²) >= 11 is 0. The van der Waals surface area contributed by atoms with Gasteiger partial charge in [-0.15, -0.1) is 0 Å². The zero-order valence-electron chi connectivity index (χ0n) is 11.8. The minimum Gasteiger partial charge on any atom is -0.496 e. The van der Waals surface area contributed by atoms with Crippen LogP contribution in [0, 0.1) is 5.41 Å². The Labute approximate surface area is 111 Å². The van der Waals surface area contributed by atoms with E-state index in [-0.39, 0.29) is 0 Å². The number of benzene rings is 1. The summed E-state index contributed by atoms with van der Waals surface area (Å²) in [5.41, 5.74) is 1.75. The van der Waals surface area contributed by atoms with Crippen molar-refractivity contribution in [2.45, 2.75) is 45.6 Å². The molecule has 0 aromatic heterocycles. The van der Waals surface area contributed by atoms with Gasteiger partial charge in [0.1, 0.15) is 5.75 Å². The fourth-order valence-electron chi connectivity index (χ4n) is 2.94. The van der Waals surface area contributed by atoms with Crippen molar-refractivity contribution in [3.05, 3.63) is 29.8 Å². The molecule has 2 nitrogen and oxygen atoms in total. The fraction of sp³-hybridized carbons (Fsp3) is 0.625. The molecule has 2 heteroatoms.